The zero-order chi connectivity index (χ0) is 14.8. The van der Waals surface area contributed by atoms with Crippen molar-refractivity contribution in [3.63, 3.8) is 0 Å². The van der Waals surface area contributed by atoms with Crippen LogP contribution < -0.4 is 0 Å². The van der Waals surface area contributed by atoms with Crippen LogP contribution >= 0.6 is 15.9 Å². The molecular weight excluding hydrogens is 340 g/mol. The van der Waals surface area contributed by atoms with Crippen molar-refractivity contribution in [1.29, 1.82) is 0 Å². The summed E-state index contributed by atoms with van der Waals surface area (Å²) in [4.78, 5) is 2.38. The van der Waals surface area contributed by atoms with Gasteiger partial charge in [0.15, 0.2) is 0 Å². The Hall–Kier alpha value is -0.430. The quantitative estimate of drug-likeness (QED) is 0.826. The van der Waals surface area contributed by atoms with Crippen LogP contribution in [0.3, 0.4) is 0 Å². The van der Waals surface area contributed by atoms with Gasteiger partial charge < -0.3 is 0 Å². The molecule has 1 fully saturated rings. The fraction of sp³-hybridized carbons (Fsp3) is 0.571. The highest BCUT2D eigenvalue weighted by Gasteiger charge is 2.26. The Morgan fingerprint density at radius 3 is 2.30 bits per heavy atom. The van der Waals surface area contributed by atoms with Gasteiger partial charge in [-0.1, -0.05) is 28.1 Å². The van der Waals surface area contributed by atoms with Gasteiger partial charge in [-0.15, -0.1) is 0 Å². The van der Waals surface area contributed by atoms with Crippen LogP contribution in [0.25, 0.3) is 0 Å². The molecule has 0 unspecified atom stereocenters. The van der Waals surface area contributed by atoms with Gasteiger partial charge in [0.1, 0.15) is 0 Å². The minimum absolute atomic E-state index is 0.145. The number of halogens is 1. The molecule has 4 nitrogen and oxygen atoms in total. The van der Waals surface area contributed by atoms with Crippen LogP contribution in [0, 0.1) is 0 Å². The molecule has 20 heavy (non-hydrogen) atoms. The van der Waals surface area contributed by atoms with Gasteiger partial charge in [0.2, 0.25) is 10.0 Å². The van der Waals surface area contributed by atoms with Crippen LogP contribution in [0.2, 0.25) is 0 Å². The summed E-state index contributed by atoms with van der Waals surface area (Å²) in [5.41, 5.74) is 1.29. The molecule has 2 rings (SSSR count). The van der Waals surface area contributed by atoms with Crippen molar-refractivity contribution >= 4 is 26.0 Å². The van der Waals surface area contributed by atoms with E-state index in [1.807, 2.05) is 0 Å². The van der Waals surface area contributed by atoms with Gasteiger partial charge in [0.25, 0.3) is 0 Å². The highest BCUT2D eigenvalue weighted by molar-refractivity contribution is 9.10. The molecule has 0 bridgehead atoms. The molecule has 0 radical (unpaired) electrons. The Kier molecular flexibility index (Phi) is 5.23. The number of likely N-dealkylation sites (tertiary alicyclic amines) is 1. The minimum atomic E-state index is -3.07. The number of nitrogens with zero attached hydrogens (tertiary/aromatic N) is 2. The Morgan fingerprint density at radius 2 is 1.80 bits per heavy atom. The van der Waals surface area contributed by atoms with E-state index in [1.54, 1.807) is 7.05 Å². The number of sulfonamides is 1. The van der Waals surface area contributed by atoms with Crippen molar-refractivity contribution in [2.24, 2.45) is 0 Å². The molecule has 1 saturated heterocycles. The number of hydrogen-bond donors (Lipinski definition) is 0. The molecule has 1 aliphatic rings. The van der Waals surface area contributed by atoms with Crippen LogP contribution in [-0.4, -0.2) is 50.1 Å². The fourth-order valence-corrected chi connectivity index (χ4v) is 3.58. The summed E-state index contributed by atoms with van der Waals surface area (Å²) >= 11 is 3.44. The lowest BCUT2D eigenvalue weighted by molar-refractivity contribution is 0.164. The van der Waals surface area contributed by atoms with Crippen molar-refractivity contribution in [2.75, 3.05) is 26.4 Å². The second-order valence-corrected chi connectivity index (χ2v) is 8.37. The molecule has 1 aromatic rings. The van der Waals surface area contributed by atoms with E-state index in [1.165, 1.54) is 16.1 Å². The first-order chi connectivity index (χ1) is 9.36. The first-order valence-corrected chi connectivity index (χ1v) is 9.40. The zero-order valence-corrected chi connectivity index (χ0v) is 14.3. The third kappa shape index (κ3) is 4.28. The molecule has 1 heterocycles. The number of benzene rings is 1. The summed E-state index contributed by atoms with van der Waals surface area (Å²) < 4.78 is 25.7. The van der Waals surface area contributed by atoms with Crippen molar-refractivity contribution in [2.45, 2.75) is 25.4 Å². The maximum Gasteiger partial charge on any atom is 0.211 e. The molecule has 0 amide bonds. The monoisotopic (exact) mass is 360 g/mol. The molecule has 0 N–H and O–H groups in total. The van der Waals surface area contributed by atoms with Gasteiger partial charge in [-0.2, -0.15) is 0 Å². The zero-order valence-electron chi connectivity index (χ0n) is 11.9. The molecule has 0 aliphatic carbocycles. The standard InChI is InChI=1S/C14H21BrN2O2S/c1-16(20(2,18)19)14-7-9-17(10-8-14)11-12-3-5-13(15)6-4-12/h3-6,14H,7-11H2,1-2H3. The molecule has 1 aromatic carbocycles. The third-order valence-corrected chi connectivity index (χ3v) is 5.79. The van der Waals surface area contributed by atoms with Gasteiger partial charge in [-0.3, -0.25) is 4.90 Å². The molecular formula is C14H21BrN2O2S. The Morgan fingerprint density at radius 1 is 1.25 bits per heavy atom. The maximum atomic E-state index is 11.5. The van der Waals surface area contributed by atoms with E-state index in [4.69, 9.17) is 0 Å². The molecule has 0 saturated carbocycles. The minimum Gasteiger partial charge on any atom is -0.299 e. The lowest BCUT2D eigenvalue weighted by atomic mass is 10.0. The molecule has 0 aromatic heterocycles. The summed E-state index contributed by atoms with van der Waals surface area (Å²) in [7, 11) is -1.39. The Bertz CT molecular complexity index is 537. The molecule has 0 atom stereocenters. The van der Waals surface area contributed by atoms with Gasteiger partial charge >= 0.3 is 0 Å². The Balaban J connectivity index is 1.87. The van der Waals surface area contributed by atoms with E-state index in [0.29, 0.717) is 0 Å². The average Bonchev–Trinajstić information content (AvgIpc) is 2.40. The summed E-state index contributed by atoms with van der Waals surface area (Å²) in [6, 6.07) is 8.50. The smallest absolute Gasteiger partial charge is 0.211 e. The van der Waals surface area contributed by atoms with Crippen molar-refractivity contribution in [3.05, 3.63) is 34.3 Å². The van der Waals surface area contributed by atoms with E-state index < -0.39 is 10.0 Å². The predicted molar refractivity (Wildman–Crippen MR) is 85.0 cm³/mol. The Labute approximate surface area is 129 Å². The van der Waals surface area contributed by atoms with Gasteiger partial charge in [0, 0.05) is 37.2 Å². The van der Waals surface area contributed by atoms with E-state index in [9.17, 15) is 8.42 Å². The van der Waals surface area contributed by atoms with Crippen LogP contribution in [0.1, 0.15) is 18.4 Å². The first kappa shape index (κ1) is 15.9. The van der Waals surface area contributed by atoms with E-state index in [2.05, 4.69) is 45.1 Å². The van der Waals surface area contributed by atoms with Crippen LogP contribution in [0.4, 0.5) is 0 Å². The van der Waals surface area contributed by atoms with Crippen LogP contribution in [0.15, 0.2) is 28.7 Å². The SMILES string of the molecule is CN(C1CCN(Cc2ccc(Br)cc2)CC1)S(C)(=O)=O. The molecule has 1 aliphatic heterocycles. The highest BCUT2D eigenvalue weighted by atomic mass is 79.9. The molecule has 0 spiro atoms. The topological polar surface area (TPSA) is 40.6 Å². The highest BCUT2D eigenvalue weighted by Crippen LogP contribution is 2.19. The van der Waals surface area contributed by atoms with Gasteiger partial charge in [-0.25, -0.2) is 12.7 Å². The third-order valence-electron chi connectivity index (χ3n) is 3.91. The summed E-state index contributed by atoms with van der Waals surface area (Å²) in [6.45, 7) is 2.82. The van der Waals surface area contributed by atoms with Gasteiger partial charge in [-0.05, 0) is 30.5 Å². The van der Waals surface area contributed by atoms with Crippen LogP contribution in [0.5, 0.6) is 0 Å². The summed E-state index contributed by atoms with van der Waals surface area (Å²) in [5.74, 6) is 0. The second-order valence-electron chi connectivity index (χ2n) is 5.41. The van der Waals surface area contributed by atoms with Crippen LogP contribution in [-0.2, 0) is 16.6 Å². The van der Waals surface area contributed by atoms with Crippen molar-refractivity contribution < 1.29 is 8.42 Å². The molecule has 6 heteroatoms. The van der Waals surface area contributed by atoms with E-state index in [-0.39, 0.29) is 6.04 Å². The lowest BCUT2D eigenvalue weighted by Crippen LogP contribution is -2.44. The summed E-state index contributed by atoms with van der Waals surface area (Å²) in [5, 5.41) is 0. The van der Waals surface area contributed by atoms with E-state index in [0.717, 1.165) is 36.9 Å². The normalized spacial score (nSPS) is 18.6. The van der Waals surface area contributed by atoms with E-state index >= 15 is 0 Å². The second kappa shape index (κ2) is 6.56. The number of rotatable bonds is 4. The fourth-order valence-electron chi connectivity index (χ4n) is 2.56. The maximum absolute atomic E-state index is 11.5. The number of hydrogen-bond acceptors (Lipinski definition) is 3. The summed E-state index contributed by atoms with van der Waals surface area (Å²) in [6.07, 6.45) is 3.08. The largest absolute Gasteiger partial charge is 0.299 e. The van der Waals surface area contributed by atoms with Gasteiger partial charge in [0.05, 0.1) is 6.26 Å². The van der Waals surface area contributed by atoms with Crippen molar-refractivity contribution in [1.82, 2.24) is 9.21 Å². The molecule has 112 valence electrons. The lowest BCUT2D eigenvalue weighted by Gasteiger charge is -2.35. The van der Waals surface area contributed by atoms with Crippen molar-refractivity contribution in [3.8, 4) is 0 Å². The number of piperidine rings is 1. The first-order valence-electron chi connectivity index (χ1n) is 6.76. The average molecular weight is 361 g/mol. The predicted octanol–water partition coefficient (Wildman–Crippen LogP) is 2.30.